The molecule has 3 rings (SSSR count). The number of piperidine rings is 1. The number of anilines is 1. The van der Waals surface area contributed by atoms with Gasteiger partial charge in [-0.2, -0.15) is 5.10 Å². The fourth-order valence-electron chi connectivity index (χ4n) is 2.92. The number of aryl methyl sites for hydroxylation is 1. The molecule has 0 aromatic carbocycles. The van der Waals surface area contributed by atoms with Gasteiger partial charge < -0.3 is 4.90 Å². The SMILES string of the molecule is CCn1nc(-c2nccc(N3CCCCC3)n2)c(C)c1C. The Labute approximate surface area is 126 Å². The molecule has 1 saturated heterocycles. The van der Waals surface area contributed by atoms with Crippen LogP contribution >= 0.6 is 0 Å². The molecule has 1 fully saturated rings. The van der Waals surface area contributed by atoms with Gasteiger partial charge in [0.25, 0.3) is 0 Å². The van der Waals surface area contributed by atoms with E-state index in [0.29, 0.717) is 0 Å². The van der Waals surface area contributed by atoms with Crippen LogP contribution in [0.5, 0.6) is 0 Å². The van der Waals surface area contributed by atoms with Gasteiger partial charge in [0.1, 0.15) is 11.5 Å². The molecule has 1 aliphatic rings. The van der Waals surface area contributed by atoms with Gasteiger partial charge in [0.2, 0.25) is 0 Å². The molecule has 2 aromatic rings. The van der Waals surface area contributed by atoms with Gasteiger partial charge in [0.05, 0.1) is 0 Å². The lowest BCUT2D eigenvalue weighted by Gasteiger charge is -2.27. The summed E-state index contributed by atoms with van der Waals surface area (Å²) in [5.74, 6) is 1.77. The maximum atomic E-state index is 4.76. The topological polar surface area (TPSA) is 46.8 Å². The fraction of sp³-hybridized carbons (Fsp3) is 0.562. The zero-order valence-corrected chi connectivity index (χ0v) is 13.1. The van der Waals surface area contributed by atoms with Gasteiger partial charge in [-0.3, -0.25) is 4.68 Å². The molecule has 0 aliphatic carbocycles. The molecule has 0 N–H and O–H groups in total. The van der Waals surface area contributed by atoms with Crippen LogP contribution in [0.1, 0.15) is 37.4 Å². The van der Waals surface area contributed by atoms with E-state index in [0.717, 1.165) is 37.0 Å². The highest BCUT2D eigenvalue weighted by Crippen LogP contribution is 2.24. The van der Waals surface area contributed by atoms with Crippen molar-refractivity contribution >= 4 is 5.82 Å². The third-order valence-electron chi connectivity index (χ3n) is 4.34. The van der Waals surface area contributed by atoms with Gasteiger partial charge in [-0.25, -0.2) is 9.97 Å². The number of hydrogen-bond acceptors (Lipinski definition) is 4. The molecule has 5 heteroatoms. The van der Waals surface area contributed by atoms with Crippen molar-refractivity contribution < 1.29 is 0 Å². The second-order valence-corrected chi connectivity index (χ2v) is 5.66. The highest BCUT2D eigenvalue weighted by atomic mass is 15.3. The van der Waals surface area contributed by atoms with Crippen molar-refractivity contribution in [1.82, 2.24) is 19.7 Å². The van der Waals surface area contributed by atoms with Gasteiger partial charge in [-0.15, -0.1) is 0 Å². The van der Waals surface area contributed by atoms with E-state index in [-0.39, 0.29) is 0 Å². The maximum absolute atomic E-state index is 4.76. The molecule has 112 valence electrons. The highest BCUT2D eigenvalue weighted by molar-refractivity contribution is 5.58. The monoisotopic (exact) mass is 285 g/mol. The van der Waals surface area contributed by atoms with E-state index >= 15 is 0 Å². The lowest BCUT2D eigenvalue weighted by Crippen LogP contribution is -2.30. The standard InChI is InChI=1S/C16H23N5/c1-4-21-13(3)12(2)15(19-21)16-17-9-8-14(18-16)20-10-6-5-7-11-20/h8-9H,4-7,10-11H2,1-3H3. The van der Waals surface area contributed by atoms with Gasteiger partial charge in [-0.05, 0) is 46.1 Å². The zero-order chi connectivity index (χ0) is 14.8. The predicted octanol–water partition coefficient (Wildman–Crippen LogP) is 2.97. The van der Waals surface area contributed by atoms with Gasteiger partial charge in [0.15, 0.2) is 5.82 Å². The lowest BCUT2D eigenvalue weighted by atomic mass is 10.1. The zero-order valence-electron chi connectivity index (χ0n) is 13.1. The summed E-state index contributed by atoms with van der Waals surface area (Å²) in [7, 11) is 0. The molecular formula is C16H23N5. The Hall–Kier alpha value is -1.91. The van der Waals surface area contributed by atoms with Crippen molar-refractivity contribution in [2.45, 2.75) is 46.6 Å². The van der Waals surface area contributed by atoms with Crippen LogP contribution in [0.2, 0.25) is 0 Å². The van der Waals surface area contributed by atoms with Crippen molar-refractivity contribution in [1.29, 1.82) is 0 Å². The minimum absolute atomic E-state index is 0.742. The first-order valence-corrected chi connectivity index (χ1v) is 7.83. The van der Waals surface area contributed by atoms with Crippen LogP contribution in [0.3, 0.4) is 0 Å². The average molecular weight is 285 g/mol. The van der Waals surface area contributed by atoms with E-state index in [1.54, 1.807) is 0 Å². The lowest BCUT2D eigenvalue weighted by molar-refractivity contribution is 0.573. The number of rotatable bonds is 3. The summed E-state index contributed by atoms with van der Waals surface area (Å²) < 4.78 is 2.02. The van der Waals surface area contributed by atoms with Crippen LogP contribution in [0.15, 0.2) is 12.3 Å². The van der Waals surface area contributed by atoms with Crippen molar-refractivity contribution in [2.75, 3.05) is 18.0 Å². The van der Waals surface area contributed by atoms with Gasteiger partial charge in [-0.1, -0.05) is 0 Å². The molecule has 21 heavy (non-hydrogen) atoms. The van der Waals surface area contributed by atoms with Gasteiger partial charge in [0, 0.05) is 37.1 Å². The molecule has 0 unspecified atom stereocenters. The average Bonchev–Trinajstić information content (AvgIpc) is 2.84. The quantitative estimate of drug-likeness (QED) is 0.870. The third-order valence-corrected chi connectivity index (χ3v) is 4.34. The Morgan fingerprint density at radius 2 is 1.90 bits per heavy atom. The first-order valence-electron chi connectivity index (χ1n) is 7.83. The maximum Gasteiger partial charge on any atom is 0.182 e. The van der Waals surface area contributed by atoms with E-state index < -0.39 is 0 Å². The molecule has 0 saturated carbocycles. The summed E-state index contributed by atoms with van der Waals surface area (Å²) in [6, 6.07) is 2.01. The Morgan fingerprint density at radius 3 is 2.57 bits per heavy atom. The first-order chi connectivity index (χ1) is 10.2. The van der Waals surface area contributed by atoms with E-state index in [1.807, 2.05) is 16.9 Å². The smallest absolute Gasteiger partial charge is 0.182 e. The molecule has 0 bridgehead atoms. The molecule has 0 amide bonds. The Balaban J connectivity index is 1.96. The van der Waals surface area contributed by atoms with Crippen molar-refractivity contribution in [3.05, 3.63) is 23.5 Å². The Kier molecular flexibility index (Phi) is 3.90. The molecule has 0 spiro atoms. The number of nitrogens with zero attached hydrogens (tertiary/aromatic N) is 5. The van der Waals surface area contributed by atoms with Crippen LogP contribution in [-0.2, 0) is 6.54 Å². The fourth-order valence-corrected chi connectivity index (χ4v) is 2.92. The largest absolute Gasteiger partial charge is 0.357 e. The van der Waals surface area contributed by atoms with Crippen molar-refractivity contribution in [3.63, 3.8) is 0 Å². The normalized spacial score (nSPS) is 15.5. The summed E-state index contributed by atoms with van der Waals surface area (Å²) >= 11 is 0. The van der Waals surface area contributed by atoms with Crippen molar-refractivity contribution in [2.24, 2.45) is 0 Å². The predicted molar refractivity (Wildman–Crippen MR) is 84.5 cm³/mol. The third kappa shape index (κ3) is 2.64. The second-order valence-electron chi connectivity index (χ2n) is 5.66. The molecular weight excluding hydrogens is 262 g/mol. The Morgan fingerprint density at radius 1 is 1.14 bits per heavy atom. The summed E-state index contributed by atoms with van der Waals surface area (Å²) in [5.41, 5.74) is 3.28. The summed E-state index contributed by atoms with van der Waals surface area (Å²) in [5, 5.41) is 4.66. The van der Waals surface area contributed by atoms with E-state index in [1.165, 1.54) is 30.5 Å². The van der Waals surface area contributed by atoms with Crippen LogP contribution in [0.4, 0.5) is 5.82 Å². The first kappa shape index (κ1) is 14.0. The highest BCUT2D eigenvalue weighted by Gasteiger charge is 2.17. The molecule has 2 aromatic heterocycles. The van der Waals surface area contributed by atoms with E-state index in [9.17, 15) is 0 Å². The molecule has 3 heterocycles. The Bertz CT molecular complexity index is 626. The van der Waals surface area contributed by atoms with E-state index in [2.05, 4.69) is 35.8 Å². The van der Waals surface area contributed by atoms with Crippen LogP contribution in [0.25, 0.3) is 11.5 Å². The van der Waals surface area contributed by atoms with Crippen LogP contribution in [0, 0.1) is 13.8 Å². The molecule has 1 aliphatic heterocycles. The molecule has 0 radical (unpaired) electrons. The van der Waals surface area contributed by atoms with E-state index in [4.69, 9.17) is 4.98 Å². The van der Waals surface area contributed by atoms with Gasteiger partial charge >= 0.3 is 0 Å². The summed E-state index contributed by atoms with van der Waals surface area (Å²) in [6.07, 6.45) is 5.68. The van der Waals surface area contributed by atoms with Crippen LogP contribution < -0.4 is 4.90 Å². The summed E-state index contributed by atoms with van der Waals surface area (Å²) in [6.45, 7) is 9.37. The number of hydrogen-bond donors (Lipinski definition) is 0. The van der Waals surface area contributed by atoms with Crippen molar-refractivity contribution in [3.8, 4) is 11.5 Å². The molecule has 5 nitrogen and oxygen atoms in total. The number of aromatic nitrogens is 4. The summed E-state index contributed by atoms with van der Waals surface area (Å²) in [4.78, 5) is 11.6. The minimum Gasteiger partial charge on any atom is -0.357 e. The second kappa shape index (κ2) is 5.84. The minimum atomic E-state index is 0.742. The molecule has 0 atom stereocenters. The van der Waals surface area contributed by atoms with Crippen LogP contribution in [-0.4, -0.2) is 32.8 Å².